The van der Waals surface area contributed by atoms with Crippen LogP contribution in [0, 0.1) is 0 Å². The Morgan fingerprint density at radius 2 is 2.05 bits per heavy atom. The van der Waals surface area contributed by atoms with Crippen molar-refractivity contribution in [3.05, 3.63) is 52.0 Å². The molecule has 1 aliphatic rings. The molecule has 2 aromatic carbocycles. The second-order valence-electron chi connectivity index (χ2n) is 5.40. The molecule has 0 amide bonds. The van der Waals surface area contributed by atoms with Crippen molar-refractivity contribution in [3.8, 4) is 5.75 Å². The minimum Gasteiger partial charge on any atom is -0.497 e. The van der Waals surface area contributed by atoms with Gasteiger partial charge < -0.3 is 15.0 Å². The number of benzene rings is 2. The normalized spacial score (nSPS) is 14.6. The second-order valence-corrected chi connectivity index (χ2v) is 6.26. The summed E-state index contributed by atoms with van der Waals surface area (Å²) in [6, 6.07) is 12.5. The van der Waals surface area contributed by atoms with Gasteiger partial charge in [-0.1, -0.05) is 12.1 Å². The first-order valence-corrected chi connectivity index (χ1v) is 7.86. The maximum Gasteiger partial charge on any atom is 0.121 e. The Morgan fingerprint density at radius 3 is 2.86 bits per heavy atom. The van der Waals surface area contributed by atoms with E-state index in [1.54, 1.807) is 7.11 Å². The predicted molar refractivity (Wildman–Crippen MR) is 90.5 cm³/mol. The van der Waals surface area contributed by atoms with Crippen LogP contribution in [0.1, 0.15) is 11.1 Å². The Balaban J connectivity index is 1.94. The summed E-state index contributed by atoms with van der Waals surface area (Å²) in [5.74, 6) is 0.852. The Hall–Kier alpha value is -1.52. The molecular formula is C17H19BrN2O. The molecule has 0 bridgehead atoms. The summed E-state index contributed by atoms with van der Waals surface area (Å²) in [5, 5.41) is 3.54. The highest BCUT2D eigenvalue weighted by atomic mass is 79.9. The Kier molecular flexibility index (Phi) is 4.17. The lowest BCUT2D eigenvalue weighted by molar-refractivity contribution is 0.313. The number of ether oxygens (including phenoxy) is 1. The van der Waals surface area contributed by atoms with E-state index >= 15 is 0 Å². The minimum absolute atomic E-state index is 0.852. The van der Waals surface area contributed by atoms with E-state index in [0.717, 1.165) is 35.4 Å². The highest BCUT2D eigenvalue weighted by molar-refractivity contribution is 9.10. The fraction of sp³-hybridized carbons (Fsp3) is 0.294. The summed E-state index contributed by atoms with van der Waals surface area (Å²) < 4.78 is 6.34. The van der Waals surface area contributed by atoms with Crippen LogP contribution in [-0.2, 0) is 13.0 Å². The average molecular weight is 347 g/mol. The van der Waals surface area contributed by atoms with Crippen LogP contribution in [0.25, 0.3) is 0 Å². The van der Waals surface area contributed by atoms with Crippen LogP contribution < -0.4 is 10.1 Å². The molecule has 0 unspecified atom stereocenters. The lowest BCUT2D eigenvalue weighted by atomic mass is 9.98. The monoisotopic (exact) mass is 346 g/mol. The van der Waals surface area contributed by atoms with Gasteiger partial charge in [0.1, 0.15) is 5.75 Å². The van der Waals surface area contributed by atoms with E-state index in [0.29, 0.717) is 0 Å². The van der Waals surface area contributed by atoms with Crippen molar-refractivity contribution in [1.29, 1.82) is 0 Å². The molecule has 2 aromatic rings. The van der Waals surface area contributed by atoms with E-state index in [1.165, 1.54) is 16.8 Å². The molecule has 3 nitrogen and oxygen atoms in total. The van der Waals surface area contributed by atoms with Gasteiger partial charge in [0.15, 0.2) is 0 Å². The number of hydrogen-bond donors (Lipinski definition) is 1. The number of hydrogen-bond acceptors (Lipinski definition) is 3. The largest absolute Gasteiger partial charge is 0.497 e. The topological polar surface area (TPSA) is 24.5 Å². The molecule has 3 rings (SSSR count). The van der Waals surface area contributed by atoms with Gasteiger partial charge in [-0.3, -0.25) is 0 Å². The number of nitrogens with one attached hydrogen (secondary N) is 1. The van der Waals surface area contributed by atoms with Gasteiger partial charge in [-0.2, -0.15) is 0 Å². The summed E-state index contributed by atoms with van der Waals surface area (Å²) in [5.41, 5.74) is 5.05. The maximum absolute atomic E-state index is 5.31. The third-order valence-corrected chi connectivity index (χ3v) is 4.59. The van der Waals surface area contributed by atoms with Gasteiger partial charge in [-0.25, -0.2) is 0 Å². The molecule has 1 N–H and O–H groups in total. The van der Waals surface area contributed by atoms with Crippen molar-refractivity contribution in [3.63, 3.8) is 0 Å². The third kappa shape index (κ3) is 3.06. The van der Waals surface area contributed by atoms with E-state index in [2.05, 4.69) is 51.4 Å². The number of fused-ring (bicyclic) bond motifs is 1. The molecule has 21 heavy (non-hydrogen) atoms. The molecule has 4 heteroatoms. The van der Waals surface area contributed by atoms with E-state index in [4.69, 9.17) is 4.74 Å². The fourth-order valence-corrected chi connectivity index (χ4v) is 3.09. The van der Waals surface area contributed by atoms with Crippen molar-refractivity contribution in [2.24, 2.45) is 0 Å². The zero-order valence-electron chi connectivity index (χ0n) is 12.3. The van der Waals surface area contributed by atoms with Crippen LogP contribution in [-0.4, -0.2) is 25.6 Å². The highest BCUT2D eigenvalue weighted by Crippen LogP contribution is 2.33. The Labute approximate surface area is 134 Å². The van der Waals surface area contributed by atoms with E-state index in [9.17, 15) is 0 Å². The van der Waals surface area contributed by atoms with E-state index in [1.807, 2.05) is 18.2 Å². The number of nitrogens with zero attached hydrogens (tertiary/aromatic N) is 1. The van der Waals surface area contributed by atoms with Crippen LogP contribution in [0.15, 0.2) is 40.9 Å². The number of rotatable bonds is 3. The second kappa shape index (κ2) is 6.08. The zero-order valence-corrected chi connectivity index (χ0v) is 13.9. The first-order valence-electron chi connectivity index (χ1n) is 7.07. The molecule has 0 atom stereocenters. The summed E-state index contributed by atoms with van der Waals surface area (Å²) in [4.78, 5) is 2.35. The first kappa shape index (κ1) is 14.4. The molecule has 1 aliphatic heterocycles. The smallest absolute Gasteiger partial charge is 0.121 e. The van der Waals surface area contributed by atoms with Gasteiger partial charge in [0.05, 0.1) is 12.8 Å². The molecule has 0 spiro atoms. The molecule has 0 fully saturated rings. The summed E-state index contributed by atoms with van der Waals surface area (Å²) >= 11 is 3.60. The SMILES string of the molecule is COc1ccc(Br)c(Nc2cccc3c2CCN(C)C3)c1. The average Bonchev–Trinajstić information content (AvgIpc) is 2.49. The third-order valence-electron chi connectivity index (χ3n) is 3.90. The Bertz CT molecular complexity index is 657. The van der Waals surface area contributed by atoms with Gasteiger partial charge in [-0.05, 0) is 58.7 Å². The van der Waals surface area contributed by atoms with Crippen LogP contribution in [0.4, 0.5) is 11.4 Å². The molecule has 0 aliphatic carbocycles. The molecule has 0 saturated carbocycles. The van der Waals surface area contributed by atoms with E-state index < -0.39 is 0 Å². The zero-order chi connectivity index (χ0) is 14.8. The first-order chi connectivity index (χ1) is 10.2. The number of methoxy groups -OCH3 is 1. The van der Waals surface area contributed by atoms with Gasteiger partial charge in [0.2, 0.25) is 0 Å². The standard InChI is InChI=1S/C17H19BrN2O/c1-20-9-8-14-12(11-20)4-3-5-16(14)19-17-10-13(21-2)6-7-15(17)18/h3-7,10,19H,8-9,11H2,1-2H3. The Morgan fingerprint density at radius 1 is 1.19 bits per heavy atom. The number of anilines is 2. The van der Waals surface area contributed by atoms with Crippen LogP contribution in [0.3, 0.4) is 0 Å². The lowest BCUT2D eigenvalue weighted by Crippen LogP contribution is -2.27. The van der Waals surface area contributed by atoms with Crippen LogP contribution in [0.5, 0.6) is 5.75 Å². The molecule has 0 aromatic heterocycles. The predicted octanol–water partition coefficient (Wildman–Crippen LogP) is 4.19. The van der Waals surface area contributed by atoms with Crippen molar-refractivity contribution in [2.75, 3.05) is 26.0 Å². The lowest BCUT2D eigenvalue weighted by Gasteiger charge is -2.27. The summed E-state index contributed by atoms with van der Waals surface area (Å²) in [6.45, 7) is 2.12. The molecule has 1 heterocycles. The van der Waals surface area contributed by atoms with Crippen LogP contribution >= 0.6 is 15.9 Å². The van der Waals surface area contributed by atoms with Crippen molar-refractivity contribution < 1.29 is 4.74 Å². The van der Waals surface area contributed by atoms with Crippen molar-refractivity contribution in [2.45, 2.75) is 13.0 Å². The van der Waals surface area contributed by atoms with Gasteiger partial charge in [-0.15, -0.1) is 0 Å². The number of halogens is 1. The molecule has 110 valence electrons. The van der Waals surface area contributed by atoms with Gasteiger partial charge in [0.25, 0.3) is 0 Å². The highest BCUT2D eigenvalue weighted by Gasteiger charge is 2.16. The van der Waals surface area contributed by atoms with Crippen LogP contribution in [0.2, 0.25) is 0 Å². The van der Waals surface area contributed by atoms with Crippen molar-refractivity contribution >= 4 is 27.3 Å². The molecule has 0 saturated heterocycles. The van der Waals surface area contributed by atoms with Gasteiger partial charge >= 0.3 is 0 Å². The molecular weight excluding hydrogens is 328 g/mol. The minimum atomic E-state index is 0.852. The summed E-state index contributed by atoms with van der Waals surface area (Å²) in [7, 11) is 3.86. The maximum atomic E-state index is 5.31. The summed E-state index contributed by atoms with van der Waals surface area (Å²) in [6.07, 6.45) is 1.08. The quantitative estimate of drug-likeness (QED) is 0.901. The number of likely N-dealkylation sites (N-methyl/N-ethyl adjacent to an activating group) is 1. The van der Waals surface area contributed by atoms with Gasteiger partial charge in [0, 0.05) is 29.3 Å². The fourth-order valence-electron chi connectivity index (χ4n) is 2.74. The molecule has 0 radical (unpaired) electrons. The van der Waals surface area contributed by atoms with Crippen molar-refractivity contribution in [1.82, 2.24) is 4.90 Å². The van der Waals surface area contributed by atoms with E-state index in [-0.39, 0.29) is 0 Å².